The largest absolute Gasteiger partial charge is 0.490 e. The summed E-state index contributed by atoms with van der Waals surface area (Å²) in [5, 5.41) is 8.97. The van der Waals surface area contributed by atoms with E-state index in [9.17, 15) is 9.18 Å². The summed E-state index contributed by atoms with van der Waals surface area (Å²) in [7, 11) is 0. The maximum absolute atomic E-state index is 13.4. The Kier molecular flexibility index (Phi) is 3.75. The lowest BCUT2D eigenvalue weighted by atomic mass is 10.1. The predicted octanol–water partition coefficient (Wildman–Crippen LogP) is 2.86. The zero-order valence-corrected chi connectivity index (χ0v) is 11.0. The number of carboxylic acids is 1. The average molecular weight is 268 g/mol. The van der Waals surface area contributed by atoms with Crippen molar-refractivity contribution in [3.05, 3.63) is 29.6 Å². The van der Waals surface area contributed by atoms with Gasteiger partial charge in [0.2, 0.25) is 0 Å². The van der Waals surface area contributed by atoms with E-state index in [2.05, 4.69) is 0 Å². The van der Waals surface area contributed by atoms with Crippen LogP contribution in [0.5, 0.6) is 5.75 Å². The summed E-state index contributed by atoms with van der Waals surface area (Å²) in [6.45, 7) is 4.23. The molecular formula is C14H17FO4. The molecule has 0 aliphatic carbocycles. The second-order valence-electron chi connectivity index (χ2n) is 5.27. The Balaban J connectivity index is 2.04. The molecule has 0 aromatic heterocycles. The highest BCUT2D eigenvalue weighted by Crippen LogP contribution is 2.30. The predicted molar refractivity (Wildman–Crippen MR) is 67.0 cm³/mol. The van der Waals surface area contributed by atoms with Crippen LogP contribution < -0.4 is 4.74 Å². The average Bonchev–Trinajstić information content (AvgIpc) is 2.66. The van der Waals surface area contributed by atoms with Crippen LogP contribution in [0.3, 0.4) is 0 Å². The first-order chi connectivity index (χ1) is 8.89. The van der Waals surface area contributed by atoms with E-state index < -0.39 is 17.3 Å². The third-order valence-electron chi connectivity index (χ3n) is 3.17. The standard InChI is InChI=1S/C14H17FO4/c1-14(2)7-6-9(19-14)8-18-11-5-3-4-10(15)12(11)13(16)17/h3-5,9H,6-8H2,1-2H3,(H,16,17). The minimum absolute atomic E-state index is 0.0424. The Morgan fingerprint density at radius 3 is 2.89 bits per heavy atom. The molecule has 1 atom stereocenters. The lowest BCUT2D eigenvalue weighted by Crippen LogP contribution is -2.24. The highest BCUT2D eigenvalue weighted by molar-refractivity contribution is 5.91. The summed E-state index contributed by atoms with van der Waals surface area (Å²) in [4.78, 5) is 11.0. The Morgan fingerprint density at radius 1 is 1.58 bits per heavy atom. The number of carboxylic acid groups (broad SMARTS) is 1. The fourth-order valence-electron chi connectivity index (χ4n) is 2.21. The Hall–Kier alpha value is -1.62. The number of rotatable bonds is 4. The monoisotopic (exact) mass is 268 g/mol. The van der Waals surface area contributed by atoms with Gasteiger partial charge in [0.25, 0.3) is 0 Å². The van der Waals surface area contributed by atoms with Crippen LogP contribution in [0, 0.1) is 5.82 Å². The number of hydrogen-bond donors (Lipinski definition) is 1. The Bertz CT molecular complexity index is 484. The molecule has 1 heterocycles. The molecule has 1 aromatic rings. The number of benzene rings is 1. The van der Waals surface area contributed by atoms with Crippen LogP contribution in [0.15, 0.2) is 18.2 Å². The van der Waals surface area contributed by atoms with E-state index in [0.717, 1.165) is 18.9 Å². The van der Waals surface area contributed by atoms with Gasteiger partial charge in [-0.15, -0.1) is 0 Å². The van der Waals surface area contributed by atoms with Crippen LogP contribution in [0.25, 0.3) is 0 Å². The minimum atomic E-state index is -1.33. The number of halogens is 1. The first-order valence-corrected chi connectivity index (χ1v) is 6.21. The van der Waals surface area contributed by atoms with Crippen LogP contribution >= 0.6 is 0 Å². The molecule has 1 N–H and O–H groups in total. The third-order valence-corrected chi connectivity index (χ3v) is 3.17. The maximum atomic E-state index is 13.4. The van der Waals surface area contributed by atoms with Crippen LogP contribution in [-0.4, -0.2) is 29.4 Å². The van der Waals surface area contributed by atoms with Crippen molar-refractivity contribution in [2.45, 2.75) is 38.4 Å². The van der Waals surface area contributed by atoms with E-state index in [4.69, 9.17) is 14.6 Å². The quantitative estimate of drug-likeness (QED) is 0.912. The molecule has 0 amide bonds. The second kappa shape index (κ2) is 5.17. The van der Waals surface area contributed by atoms with Gasteiger partial charge in [-0.3, -0.25) is 0 Å². The minimum Gasteiger partial charge on any atom is -0.490 e. The van der Waals surface area contributed by atoms with Gasteiger partial charge >= 0.3 is 5.97 Å². The van der Waals surface area contributed by atoms with Gasteiger partial charge in [0.15, 0.2) is 0 Å². The SMILES string of the molecule is CC1(C)CCC(COc2cccc(F)c2C(=O)O)O1. The number of aromatic carboxylic acids is 1. The summed E-state index contributed by atoms with van der Waals surface area (Å²) in [5.74, 6) is -2.08. The first kappa shape index (κ1) is 13.8. The zero-order chi connectivity index (χ0) is 14.0. The van der Waals surface area contributed by atoms with Gasteiger partial charge in [-0.25, -0.2) is 9.18 Å². The van der Waals surface area contributed by atoms with Crippen molar-refractivity contribution in [2.24, 2.45) is 0 Å². The van der Waals surface area contributed by atoms with Crippen molar-refractivity contribution in [3.8, 4) is 5.75 Å². The van der Waals surface area contributed by atoms with Crippen molar-refractivity contribution >= 4 is 5.97 Å². The summed E-state index contributed by atoms with van der Waals surface area (Å²) in [5.41, 5.74) is -0.606. The van der Waals surface area contributed by atoms with Gasteiger partial charge in [-0.1, -0.05) is 6.07 Å². The van der Waals surface area contributed by atoms with Crippen molar-refractivity contribution in [2.75, 3.05) is 6.61 Å². The van der Waals surface area contributed by atoms with E-state index in [-0.39, 0.29) is 24.1 Å². The fraction of sp³-hybridized carbons (Fsp3) is 0.500. The van der Waals surface area contributed by atoms with E-state index in [1.807, 2.05) is 13.8 Å². The van der Waals surface area contributed by atoms with Gasteiger partial charge in [-0.05, 0) is 38.8 Å². The highest BCUT2D eigenvalue weighted by atomic mass is 19.1. The van der Waals surface area contributed by atoms with Crippen molar-refractivity contribution in [3.63, 3.8) is 0 Å². The summed E-state index contributed by atoms with van der Waals surface area (Å²) >= 11 is 0. The third kappa shape index (κ3) is 3.23. The zero-order valence-electron chi connectivity index (χ0n) is 11.0. The van der Waals surface area contributed by atoms with E-state index in [0.29, 0.717) is 0 Å². The van der Waals surface area contributed by atoms with E-state index in [1.54, 1.807) is 0 Å². The Morgan fingerprint density at radius 2 is 2.32 bits per heavy atom. The molecule has 1 aromatic carbocycles. The number of ether oxygens (including phenoxy) is 2. The van der Waals surface area contributed by atoms with Crippen molar-refractivity contribution in [1.29, 1.82) is 0 Å². The fourth-order valence-corrected chi connectivity index (χ4v) is 2.21. The van der Waals surface area contributed by atoms with E-state index in [1.165, 1.54) is 12.1 Å². The van der Waals surface area contributed by atoms with E-state index >= 15 is 0 Å². The normalized spacial score (nSPS) is 21.3. The molecule has 0 saturated carbocycles. The first-order valence-electron chi connectivity index (χ1n) is 6.21. The molecule has 1 aliphatic rings. The highest BCUT2D eigenvalue weighted by Gasteiger charge is 2.32. The molecule has 1 fully saturated rings. The molecule has 19 heavy (non-hydrogen) atoms. The van der Waals surface area contributed by atoms with Gasteiger partial charge < -0.3 is 14.6 Å². The van der Waals surface area contributed by atoms with Crippen molar-refractivity contribution in [1.82, 2.24) is 0 Å². The molecule has 1 aliphatic heterocycles. The van der Waals surface area contributed by atoms with Crippen molar-refractivity contribution < 1.29 is 23.8 Å². The van der Waals surface area contributed by atoms with Crippen LogP contribution in [0.2, 0.25) is 0 Å². The second-order valence-corrected chi connectivity index (χ2v) is 5.27. The number of hydrogen-bond acceptors (Lipinski definition) is 3. The molecule has 4 nitrogen and oxygen atoms in total. The Labute approximate surface area is 111 Å². The van der Waals surface area contributed by atoms with Gasteiger partial charge in [0, 0.05) is 0 Å². The molecule has 0 radical (unpaired) electrons. The topological polar surface area (TPSA) is 55.8 Å². The van der Waals surface area contributed by atoms with Crippen LogP contribution in [0.1, 0.15) is 37.0 Å². The lowest BCUT2D eigenvalue weighted by Gasteiger charge is -2.19. The summed E-state index contributed by atoms with van der Waals surface area (Å²) in [6.07, 6.45) is 1.70. The smallest absolute Gasteiger partial charge is 0.342 e. The molecule has 1 unspecified atom stereocenters. The molecule has 2 rings (SSSR count). The summed E-state index contributed by atoms with van der Waals surface area (Å²) in [6, 6.07) is 3.98. The molecule has 1 saturated heterocycles. The molecule has 104 valence electrons. The van der Waals surface area contributed by atoms with Crippen LogP contribution in [-0.2, 0) is 4.74 Å². The molecule has 0 spiro atoms. The molecule has 0 bridgehead atoms. The van der Waals surface area contributed by atoms with Crippen LogP contribution in [0.4, 0.5) is 4.39 Å². The molecular weight excluding hydrogens is 251 g/mol. The number of carbonyl (C=O) groups is 1. The van der Waals surface area contributed by atoms with Gasteiger partial charge in [0.05, 0.1) is 11.7 Å². The molecule has 5 heteroatoms. The van der Waals surface area contributed by atoms with Gasteiger partial charge in [-0.2, -0.15) is 0 Å². The van der Waals surface area contributed by atoms with Gasteiger partial charge in [0.1, 0.15) is 23.7 Å². The lowest BCUT2D eigenvalue weighted by molar-refractivity contribution is -0.0328. The maximum Gasteiger partial charge on any atom is 0.342 e. The summed E-state index contributed by atoms with van der Waals surface area (Å²) < 4.78 is 24.6.